The van der Waals surface area contributed by atoms with Crippen LogP contribution in [0, 0.1) is 0 Å². The monoisotopic (exact) mass is 257 g/mol. The summed E-state index contributed by atoms with van der Waals surface area (Å²) in [5.74, 6) is 0. The molecule has 1 aliphatic heterocycles. The Balaban J connectivity index is 1.52. The fourth-order valence-electron chi connectivity index (χ4n) is 3.05. The Morgan fingerprint density at radius 2 is 2.18 bits per heavy atom. The Morgan fingerprint density at radius 3 is 2.94 bits per heavy atom. The second kappa shape index (κ2) is 7.65. The molecule has 2 nitrogen and oxygen atoms in total. The normalized spacial score (nSPS) is 34.1. The van der Waals surface area contributed by atoms with Crippen molar-refractivity contribution in [3.05, 3.63) is 0 Å². The fraction of sp³-hybridized carbons (Fsp3) is 1.00. The zero-order valence-corrected chi connectivity index (χ0v) is 11.9. The van der Waals surface area contributed by atoms with Crippen LogP contribution in [0.4, 0.5) is 0 Å². The van der Waals surface area contributed by atoms with Crippen molar-refractivity contribution in [1.29, 1.82) is 0 Å². The molecule has 1 heterocycles. The first-order valence-corrected chi connectivity index (χ1v) is 8.55. The molecule has 17 heavy (non-hydrogen) atoms. The highest BCUT2D eigenvalue weighted by Crippen LogP contribution is 2.26. The van der Waals surface area contributed by atoms with Gasteiger partial charge in [0.25, 0.3) is 0 Å². The molecule has 0 bridgehead atoms. The van der Waals surface area contributed by atoms with Gasteiger partial charge in [-0.15, -0.1) is 0 Å². The van der Waals surface area contributed by atoms with Crippen molar-refractivity contribution in [2.24, 2.45) is 0 Å². The minimum atomic E-state index is 0.571. The smallest absolute Gasteiger partial charge is 0.0576 e. The van der Waals surface area contributed by atoms with Crippen LogP contribution in [0.5, 0.6) is 0 Å². The van der Waals surface area contributed by atoms with Crippen molar-refractivity contribution in [1.82, 2.24) is 5.32 Å². The van der Waals surface area contributed by atoms with Crippen molar-refractivity contribution in [2.45, 2.75) is 68.8 Å². The minimum Gasteiger partial charge on any atom is -0.378 e. The summed E-state index contributed by atoms with van der Waals surface area (Å²) in [7, 11) is 0. The van der Waals surface area contributed by atoms with Crippen molar-refractivity contribution in [2.75, 3.05) is 19.4 Å². The maximum absolute atomic E-state index is 5.65. The highest BCUT2D eigenvalue weighted by Gasteiger charge is 2.20. The van der Waals surface area contributed by atoms with Gasteiger partial charge in [-0.1, -0.05) is 6.42 Å². The lowest BCUT2D eigenvalue weighted by Crippen LogP contribution is -2.35. The minimum absolute atomic E-state index is 0.571. The Kier molecular flexibility index (Phi) is 6.16. The molecule has 0 spiro atoms. The van der Waals surface area contributed by atoms with E-state index in [-0.39, 0.29) is 0 Å². The van der Waals surface area contributed by atoms with Crippen LogP contribution in [0.2, 0.25) is 0 Å². The van der Waals surface area contributed by atoms with Crippen LogP contribution in [-0.2, 0) is 4.74 Å². The molecule has 0 radical (unpaired) electrons. The predicted molar refractivity (Wildman–Crippen MR) is 75.8 cm³/mol. The molecular weight excluding hydrogens is 230 g/mol. The maximum atomic E-state index is 5.65. The van der Waals surface area contributed by atoms with E-state index in [4.69, 9.17) is 4.74 Å². The van der Waals surface area contributed by atoms with Gasteiger partial charge in [-0.3, -0.25) is 0 Å². The molecular formula is C14H27NOS. The van der Waals surface area contributed by atoms with Gasteiger partial charge >= 0.3 is 0 Å². The van der Waals surface area contributed by atoms with E-state index in [2.05, 4.69) is 11.6 Å². The first kappa shape index (κ1) is 13.7. The average Bonchev–Trinajstić information content (AvgIpc) is 2.88. The van der Waals surface area contributed by atoms with Crippen LogP contribution in [0.15, 0.2) is 0 Å². The molecule has 1 N–H and O–H groups in total. The molecule has 1 saturated carbocycles. The van der Waals surface area contributed by atoms with Crippen LogP contribution in [0.3, 0.4) is 0 Å². The van der Waals surface area contributed by atoms with E-state index in [9.17, 15) is 0 Å². The van der Waals surface area contributed by atoms with Gasteiger partial charge in [-0.05, 0) is 57.7 Å². The van der Waals surface area contributed by atoms with Crippen molar-refractivity contribution in [3.63, 3.8) is 0 Å². The van der Waals surface area contributed by atoms with Crippen molar-refractivity contribution < 1.29 is 4.74 Å². The van der Waals surface area contributed by atoms with E-state index in [1.165, 1.54) is 57.9 Å². The van der Waals surface area contributed by atoms with E-state index < -0.39 is 0 Å². The Labute approximate surface area is 110 Å². The van der Waals surface area contributed by atoms with Gasteiger partial charge < -0.3 is 10.1 Å². The lowest BCUT2D eigenvalue weighted by molar-refractivity contribution is 0.102. The van der Waals surface area contributed by atoms with E-state index in [0.29, 0.717) is 6.10 Å². The zero-order valence-electron chi connectivity index (χ0n) is 11.1. The summed E-state index contributed by atoms with van der Waals surface area (Å²) in [6.07, 6.45) is 13.5. The zero-order chi connectivity index (χ0) is 11.9. The van der Waals surface area contributed by atoms with Gasteiger partial charge in [0.1, 0.15) is 0 Å². The van der Waals surface area contributed by atoms with Crippen LogP contribution < -0.4 is 5.32 Å². The summed E-state index contributed by atoms with van der Waals surface area (Å²) in [5.41, 5.74) is 0. The maximum Gasteiger partial charge on any atom is 0.0576 e. The molecule has 2 fully saturated rings. The average molecular weight is 257 g/mol. The second-order valence-corrected chi connectivity index (χ2v) is 6.59. The fourth-order valence-corrected chi connectivity index (χ4v) is 3.88. The number of hydrogen-bond acceptors (Lipinski definition) is 3. The molecule has 3 unspecified atom stereocenters. The molecule has 0 amide bonds. The lowest BCUT2D eigenvalue weighted by Gasteiger charge is -2.28. The quantitative estimate of drug-likeness (QED) is 0.738. The third-order valence-electron chi connectivity index (χ3n) is 4.12. The van der Waals surface area contributed by atoms with E-state index in [1.807, 2.05) is 11.8 Å². The third kappa shape index (κ3) is 4.80. The number of hydrogen-bond donors (Lipinski definition) is 1. The predicted octanol–water partition coefficient (Wildman–Crippen LogP) is 3.21. The summed E-state index contributed by atoms with van der Waals surface area (Å²) in [6, 6.07) is 0.783. The highest BCUT2D eigenvalue weighted by atomic mass is 32.2. The van der Waals surface area contributed by atoms with Crippen LogP contribution in [-0.4, -0.2) is 36.8 Å². The van der Waals surface area contributed by atoms with E-state index >= 15 is 0 Å². The Bertz CT molecular complexity index is 206. The number of nitrogens with one attached hydrogen (secondary N) is 1. The largest absolute Gasteiger partial charge is 0.378 e. The second-order valence-electron chi connectivity index (χ2n) is 5.45. The van der Waals surface area contributed by atoms with Gasteiger partial charge in [-0.2, -0.15) is 11.8 Å². The topological polar surface area (TPSA) is 21.3 Å². The molecule has 100 valence electrons. The Hall–Kier alpha value is 0.270. The first-order chi connectivity index (χ1) is 8.38. The SMILES string of the molecule is CSC1CCCC(NCCCC2CCCO2)C1. The summed E-state index contributed by atoms with van der Waals surface area (Å²) in [4.78, 5) is 0. The van der Waals surface area contributed by atoms with Crippen LogP contribution in [0.1, 0.15) is 51.4 Å². The first-order valence-electron chi connectivity index (χ1n) is 7.26. The van der Waals surface area contributed by atoms with Gasteiger partial charge in [0, 0.05) is 17.9 Å². The van der Waals surface area contributed by atoms with Crippen LogP contribution in [0.25, 0.3) is 0 Å². The summed E-state index contributed by atoms with van der Waals surface area (Å²) in [6.45, 7) is 2.18. The standard InChI is InChI=1S/C14H27NOS/c1-17-14-8-2-5-12(11-14)15-9-3-6-13-7-4-10-16-13/h12-15H,2-11H2,1H3. The highest BCUT2D eigenvalue weighted by molar-refractivity contribution is 7.99. The molecule has 2 aliphatic rings. The van der Waals surface area contributed by atoms with Crippen molar-refractivity contribution in [3.8, 4) is 0 Å². The van der Waals surface area contributed by atoms with Gasteiger partial charge in [-0.25, -0.2) is 0 Å². The lowest BCUT2D eigenvalue weighted by atomic mass is 9.95. The number of thioether (sulfide) groups is 1. The van der Waals surface area contributed by atoms with Crippen LogP contribution >= 0.6 is 11.8 Å². The molecule has 0 aromatic rings. The molecule has 3 heteroatoms. The third-order valence-corrected chi connectivity index (χ3v) is 5.21. The van der Waals surface area contributed by atoms with Gasteiger partial charge in [0.05, 0.1) is 6.10 Å². The van der Waals surface area contributed by atoms with E-state index in [0.717, 1.165) is 17.9 Å². The van der Waals surface area contributed by atoms with Gasteiger partial charge in [0.15, 0.2) is 0 Å². The molecule has 1 saturated heterocycles. The van der Waals surface area contributed by atoms with Gasteiger partial charge in [0.2, 0.25) is 0 Å². The summed E-state index contributed by atoms with van der Waals surface area (Å²) < 4.78 is 5.65. The number of rotatable bonds is 6. The number of ether oxygens (including phenoxy) is 1. The molecule has 0 aromatic heterocycles. The molecule has 0 aromatic carbocycles. The van der Waals surface area contributed by atoms with E-state index in [1.54, 1.807) is 0 Å². The van der Waals surface area contributed by atoms with Crippen molar-refractivity contribution >= 4 is 11.8 Å². The summed E-state index contributed by atoms with van der Waals surface area (Å²) >= 11 is 2.05. The Morgan fingerprint density at radius 1 is 1.24 bits per heavy atom. The summed E-state index contributed by atoms with van der Waals surface area (Å²) in [5, 5.41) is 4.64. The molecule has 2 rings (SSSR count). The molecule has 3 atom stereocenters. The molecule has 1 aliphatic carbocycles.